The van der Waals surface area contributed by atoms with Crippen LogP contribution in [0.3, 0.4) is 0 Å². The molecule has 0 rings (SSSR count). The van der Waals surface area contributed by atoms with Crippen molar-refractivity contribution in [2.24, 2.45) is 22.7 Å². The van der Waals surface area contributed by atoms with Crippen LogP contribution in [0.5, 0.6) is 0 Å². The van der Waals surface area contributed by atoms with E-state index in [1.54, 1.807) is 0 Å². The zero-order chi connectivity index (χ0) is 54.0. The summed E-state index contributed by atoms with van der Waals surface area (Å²) in [5.41, 5.74) is 0.934. The van der Waals surface area contributed by atoms with Crippen molar-refractivity contribution in [2.45, 2.75) is 428 Å². The molecule has 0 aromatic rings. The first-order chi connectivity index (χ1) is 36.3. The fraction of sp³-hybridized carbons (Fsp3) is 1.00. The van der Waals surface area contributed by atoms with E-state index in [2.05, 4.69) is 55.4 Å². The van der Waals surface area contributed by atoms with Crippen LogP contribution in [0.25, 0.3) is 0 Å². The summed E-state index contributed by atoms with van der Waals surface area (Å²) in [4.78, 5) is 12.6. The molecule has 0 aliphatic carbocycles. The zero-order valence-electron chi connectivity index (χ0n) is 53.4. The molecule has 0 heterocycles. The summed E-state index contributed by atoms with van der Waals surface area (Å²) in [5, 5.41) is 0. The second-order valence-corrected chi connectivity index (χ2v) is 26.4. The van der Waals surface area contributed by atoms with Gasteiger partial charge in [-0.1, -0.05) is 376 Å². The van der Waals surface area contributed by atoms with Gasteiger partial charge in [0.2, 0.25) is 0 Å². The van der Waals surface area contributed by atoms with Gasteiger partial charge in [0.05, 0.1) is 13.2 Å². The van der Waals surface area contributed by atoms with Crippen LogP contribution < -0.4 is 0 Å². The molecule has 0 radical (unpaired) electrons. The van der Waals surface area contributed by atoms with E-state index in [4.69, 9.17) is 9.78 Å². The maximum absolute atomic E-state index is 6.29. The summed E-state index contributed by atoms with van der Waals surface area (Å²) in [7, 11) is 0. The van der Waals surface area contributed by atoms with Crippen LogP contribution in [0.15, 0.2) is 0 Å². The van der Waals surface area contributed by atoms with Gasteiger partial charge in [-0.2, -0.15) is 0 Å². The lowest BCUT2D eigenvalue weighted by atomic mass is 9.72. The molecule has 0 aromatic carbocycles. The van der Waals surface area contributed by atoms with Crippen LogP contribution in [-0.2, 0) is 9.78 Å². The fourth-order valence-electron chi connectivity index (χ4n) is 13.2. The Morgan fingerprint density at radius 1 is 0.216 bits per heavy atom. The monoisotopic (exact) mass is 1040 g/mol. The van der Waals surface area contributed by atoms with Gasteiger partial charge in [0.25, 0.3) is 0 Å². The molecule has 0 amide bonds. The molecular formula is C72H146O2. The largest absolute Gasteiger partial charge is 0.237 e. The molecule has 2 atom stereocenters. The molecule has 446 valence electrons. The molecule has 74 heavy (non-hydrogen) atoms. The van der Waals surface area contributed by atoms with Crippen molar-refractivity contribution in [3.63, 3.8) is 0 Å². The Morgan fingerprint density at radius 3 is 0.595 bits per heavy atom. The summed E-state index contributed by atoms with van der Waals surface area (Å²) < 4.78 is 0. The van der Waals surface area contributed by atoms with Gasteiger partial charge in [0, 0.05) is 0 Å². The van der Waals surface area contributed by atoms with Crippen molar-refractivity contribution >= 4 is 0 Å². The molecule has 0 bridgehead atoms. The quantitative estimate of drug-likeness (QED) is 0.0343. The van der Waals surface area contributed by atoms with Gasteiger partial charge >= 0.3 is 0 Å². The third-order valence-corrected chi connectivity index (χ3v) is 18.3. The van der Waals surface area contributed by atoms with E-state index >= 15 is 0 Å². The summed E-state index contributed by atoms with van der Waals surface area (Å²) in [6.45, 7) is 21.1. The van der Waals surface area contributed by atoms with Crippen molar-refractivity contribution in [1.29, 1.82) is 0 Å². The second-order valence-electron chi connectivity index (χ2n) is 26.4. The van der Waals surface area contributed by atoms with Crippen LogP contribution >= 0.6 is 0 Å². The minimum Gasteiger partial charge on any atom is -0.237 e. The van der Waals surface area contributed by atoms with E-state index < -0.39 is 0 Å². The molecule has 0 aliphatic heterocycles. The average molecular weight is 1040 g/mol. The summed E-state index contributed by atoms with van der Waals surface area (Å²) >= 11 is 0. The average Bonchev–Trinajstić information content (AvgIpc) is 3.39. The number of rotatable bonds is 65. The van der Waals surface area contributed by atoms with E-state index in [1.807, 2.05) is 0 Å². The van der Waals surface area contributed by atoms with Crippen LogP contribution in [0.2, 0.25) is 0 Å². The van der Waals surface area contributed by atoms with E-state index in [1.165, 1.54) is 372 Å². The number of hydrogen-bond donors (Lipinski definition) is 0. The van der Waals surface area contributed by atoms with Crippen molar-refractivity contribution in [2.75, 3.05) is 13.2 Å². The highest BCUT2D eigenvalue weighted by molar-refractivity contribution is 4.81. The SMILES string of the molecule is CCCCCCCCCCC(CCOOCCC(CCCCCCCCCC)CC(C)(CCCCCCCCCC)CCCCCCCCCC)CC(C)(CCCCCCCCCC)CCCCCCCCCC. The third-order valence-electron chi connectivity index (χ3n) is 18.3. The Kier molecular flexibility index (Phi) is 59.0. The number of hydrogen-bond acceptors (Lipinski definition) is 2. The highest BCUT2D eigenvalue weighted by Gasteiger charge is 2.29. The van der Waals surface area contributed by atoms with Gasteiger partial charge in [-0.15, -0.1) is 0 Å². The minimum absolute atomic E-state index is 0.467. The van der Waals surface area contributed by atoms with Crippen LogP contribution in [0.4, 0.5) is 0 Å². The molecule has 0 aliphatic rings. The molecule has 0 spiro atoms. The van der Waals surface area contributed by atoms with Crippen molar-refractivity contribution < 1.29 is 9.78 Å². The Labute approximate surface area is 471 Å². The number of unbranched alkanes of at least 4 members (excludes halogenated alkanes) is 42. The molecule has 0 saturated heterocycles. The zero-order valence-corrected chi connectivity index (χ0v) is 53.4. The molecule has 2 heteroatoms. The summed E-state index contributed by atoms with van der Waals surface area (Å²) in [5.74, 6) is 1.52. The van der Waals surface area contributed by atoms with Gasteiger partial charge in [0.15, 0.2) is 0 Å². The Bertz CT molecular complexity index is 901. The van der Waals surface area contributed by atoms with Gasteiger partial charge in [-0.3, -0.25) is 0 Å². The second kappa shape index (κ2) is 59.1. The smallest absolute Gasteiger partial charge is 0.0825 e. The first-order valence-corrected chi connectivity index (χ1v) is 35.6. The summed E-state index contributed by atoms with van der Waals surface area (Å²) in [6, 6.07) is 0. The lowest BCUT2D eigenvalue weighted by molar-refractivity contribution is -0.298. The highest BCUT2D eigenvalue weighted by atomic mass is 17.2. The third kappa shape index (κ3) is 52.6. The van der Waals surface area contributed by atoms with Crippen molar-refractivity contribution in [3.05, 3.63) is 0 Å². The highest BCUT2D eigenvalue weighted by Crippen LogP contribution is 2.42. The predicted molar refractivity (Wildman–Crippen MR) is 337 cm³/mol. The Hall–Kier alpha value is -0.0800. The topological polar surface area (TPSA) is 18.5 Å². The summed E-state index contributed by atoms with van der Waals surface area (Å²) in [6.07, 6.45) is 82.1. The van der Waals surface area contributed by atoms with Crippen molar-refractivity contribution in [1.82, 2.24) is 0 Å². The lowest BCUT2D eigenvalue weighted by Crippen LogP contribution is -2.23. The molecule has 0 aromatic heterocycles. The van der Waals surface area contributed by atoms with Gasteiger partial charge in [0.1, 0.15) is 0 Å². The molecule has 0 saturated carbocycles. The van der Waals surface area contributed by atoms with E-state index in [0.717, 1.165) is 25.0 Å². The van der Waals surface area contributed by atoms with Gasteiger partial charge in [-0.25, -0.2) is 9.78 Å². The van der Waals surface area contributed by atoms with Crippen molar-refractivity contribution in [3.8, 4) is 0 Å². The lowest BCUT2D eigenvalue weighted by Gasteiger charge is -2.34. The Balaban J connectivity index is 5.81. The molecular weight excluding hydrogens is 897 g/mol. The Morgan fingerprint density at radius 2 is 0.392 bits per heavy atom. The van der Waals surface area contributed by atoms with Gasteiger partial charge in [-0.05, 0) is 74.0 Å². The molecule has 0 fully saturated rings. The van der Waals surface area contributed by atoms with Gasteiger partial charge < -0.3 is 0 Å². The van der Waals surface area contributed by atoms with Crippen LogP contribution in [0, 0.1) is 22.7 Å². The first-order valence-electron chi connectivity index (χ1n) is 35.6. The fourth-order valence-corrected chi connectivity index (χ4v) is 13.2. The van der Waals surface area contributed by atoms with Crippen LogP contribution in [-0.4, -0.2) is 13.2 Å². The normalized spacial score (nSPS) is 13.1. The molecule has 0 N–H and O–H groups in total. The molecule has 2 nitrogen and oxygen atoms in total. The standard InChI is InChI=1S/C72H146O2/c1-9-15-21-27-33-39-45-51-57-69(67-71(7,61-53-47-41-35-29-23-17-11-3)62-54-48-42-36-30-24-18-12-4)59-65-73-74-66-60-70(58-52-46-40-34-28-22-16-10-2)68-72(8,63-55-49-43-37-31-25-19-13-5)64-56-50-44-38-32-26-20-14-6/h69-70H,9-68H2,1-8H3. The van der Waals surface area contributed by atoms with E-state index in [-0.39, 0.29) is 0 Å². The maximum Gasteiger partial charge on any atom is 0.0825 e. The van der Waals surface area contributed by atoms with E-state index in [0.29, 0.717) is 10.8 Å². The van der Waals surface area contributed by atoms with E-state index in [9.17, 15) is 0 Å². The minimum atomic E-state index is 0.467. The molecule has 2 unspecified atom stereocenters. The predicted octanol–water partition coefficient (Wildman–Crippen LogP) is 26.9. The first kappa shape index (κ1) is 73.9. The maximum atomic E-state index is 6.29. The van der Waals surface area contributed by atoms with Crippen LogP contribution in [0.1, 0.15) is 428 Å².